The lowest BCUT2D eigenvalue weighted by Gasteiger charge is -2.32. The number of pyridine rings is 1. The number of nitrogens with one attached hydrogen (secondary N) is 2. The first-order chi connectivity index (χ1) is 14.1. The number of hydrogen-bond donors (Lipinski definition) is 2. The average Bonchev–Trinajstić information content (AvgIpc) is 3.14. The minimum atomic E-state index is -0.441. The van der Waals surface area contributed by atoms with Crippen LogP contribution < -0.4 is 15.4 Å². The van der Waals surface area contributed by atoms with Gasteiger partial charge in [-0.05, 0) is 31.4 Å². The van der Waals surface area contributed by atoms with E-state index in [4.69, 9.17) is 9.57 Å². The van der Waals surface area contributed by atoms with Gasteiger partial charge in [0.05, 0.1) is 30.6 Å². The van der Waals surface area contributed by atoms with Crippen molar-refractivity contribution in [2.45, 2.75) is 37.0 Å². The van der Waals surface area contributed by atoms with Crippen molar-refractivity contribution >= 4 is 17.9 Å². The van der Waals surface area contributed by atoms with Gasteiger partial charge in [0.15, 0.2) is 0 Å². The van der Waals surface area contributed by atoms with E-state index in [1.807, 2.05) is 6.08 Å². The van der Waals surface area contributed by atoms with Crippen molar-refractivity contribution in [1.82, 2.24) is 25.1 Å². The van der Waals surface area contributed by atoms with E-state index >= 15 is 0 Å². The van der Waals surface area contributed by atoms with Crippen LogP contribution in [0, 0.1) is 5.82 Å². The van der Waals surface area contributed by atoms with Crippen LogP contribution in [0.1, 0.15) is 41.2 Å². The van der Waals surface area contributed by atoms with Crippen molar-refractivity contribution in [3.8, 4) is 5.88 Å². The van der Waals surface area contributed by atoms with Crippen molar-refractivity contribution in [2.24, 2.45) is 0 Å². The first-order valence-electron chi connectivity index (χ1n) is 9.66. The Morgan fingerprint density at radius 2 is 2.21 bits per heavy atom. The van der Waals surface area contributed by atoms with Crippen LogP contribution >= 0.6 is 0 Å². The third-order valence-corrected chi connectivity index (χ3v) is 5.87. The number of amides is 1. The molecule has 2 atom stereocenters. The summed E-state index contributed by atoms with van der Waals surface area (Å²) in [6, 6.07) is 1.21. The highest BCUT2D eigenvalue weighted by atomic mass is 19.1. The molecule has 1 aliphatic carbocycles. The summed E-state index contributed by atoms with van der Waals surface area (Å²) in [5, 5.41) is 12.4. The second-order valence-corrected chi connectivity index (χ2v) is 7.85. The molecule has 2 aromatic heterocycles. The number of halogens is 1. The Kier molecular flexibility index (Phi) is 3.51. The van der Waals surface area contributed by atoms with Gasteiger partial charge in [-0.2, -0.15) is 10.2 Å². The van der Waals surface area contributed by atoms with E-state index in [1.165, 1.54) is 6.07 Å². The molecule has 150 valence electrons. The Morgan fingerprint density at radius 1 is 1.31 bits per heavy atom. The van der Waals surface area contributed by atoms with Crippen LogP contribution in [0.3, 0.4) is 0 Å². The smallest absolute Gasteiger partial charge is 0.257 e. The fourth-order valence-electron chi connectivity index (χ4n) is 4.11. The lowest BCUT2D eigenvalue weighted by molar-refractivity contribution is -0.147. The van der Waals surface area contributed by atoms with Gasteiger partial charge in [-0.1, -0.05) is 0 Å². The van der Waals surface area contributed by atoms with Gasteiger partial charge in [0.25, 0.3) is 5.91 Å². The molecule has 1 spiro atoms. The normalized spacial score (nSPS) is 26.9. The highest BCUT2D eigenvalue weighted by Gasteiger charge is 2.47. The summed E-state index contributed by atoms with van der Waals surface area (Å²) in [5.41, 5.74) is 0.656. The summed E-state index contributed by atoms with van der Waals surface area (Å²) in [6.07, 6.45) is 8.32. The number of nitrogens with zero attached hydrogens (tertiary/aromatic N) is 4. The molecule has 1 saturated carbocycles. The molecule has 0 aromatic carbocycles. The van der Waals surface area contributed by atoms with Gasteiger partial charge in [-0.15, -0.1) is 0 Å². The molecule has 2 fully saturated rings. The van der Waals surface area contributed by atoms with Crippen molar-refractivity contribution in [1.29, 1.82) is 0 Å². The van der Waals surface area contributed by atoms with Crippen molar-refractivity contribution in [3.05, 3.63) is 41.5 Å². The van der Waals surface area contributed by atoms with Crippen LogP contribution in [-0.4, -0.2) is 50.7 Å². The molecule has 0 radical (unpaired) electrons. The largest absolute Gasteiger partial charge is 0.475 e. The maximum absolute atomic E-state index is 14.1. The maximum Gasteiger partial charge on any atom is 0.257 e. The van der Waals surface area contributed by atoms with E-state index in [2.05, 4.69) is 20.7 Å². The number of fused-ring (bicyclic) bond motifs is 5. The number of carbonyl (C=O) groups is 1. The number of carbonyl (C=O) groups excluding carboxylic acids is 1. The summed E-state index contributed by atoms with van der Waals surface area (Å²) < 4.78 is 21.7. The van der Waals surface area contributed by atoms with E-state index in [0.717, 1.165) is 19.0 Å². The average molecular weight is 398 g/mol. The predicted molar refractivity (Wildman–Crippen MR) is 99.2 cm³/mol. The Balaban J connectivity index is 1.47. The number of aromatic nitrogens is 3. The monoisotopic (exact) mass is 398 g/mol. The molecule has 1 saturated heterocycles. The molecule has 10 heteroatoms. The lowest BCUT2D eigenvalue weighted by atomic mass is 10.1. The highest BCUT2D eigenvalue weighted by Crippen LogP contribution is 2.41. The molecule has 9 nitrogen and oxygen atoms in total. The first kappa shape index (κ1) is 16.9. The first-order valence-corrected chi connectivity index (χ1v) is 9.66. The highest BCUT2D eigenvalue weighted by molar-refractivity contribution is 6.00. The minimum Gasteiger partial charge on any atom is -0.475 e. The standard InChI is InChI=1S/C19H19FN6O3/c20-11-7-12-14-2-6-29-26(14)15-1-5-25-16(23-15)13(9-22-25)17(27)24-19(3-4-19)10-28-18(12)21-8-11/h1,5,7-9,14-15,23H,2-4,6,10H2,(H,24,27). The van der Waals surface area contributed by atoms with Gasteiger partial charge < -0.3 is 15.4 Å². The zero-order valence-electron chi connectivity index (χ0n) is 15.5. The summed E-state index contributed by atoms with van der Waals surface area (Å²) in [5.74, 6) is 0.331. The van der Waals surface area contributed by atoms with E-state index < -0.39 is 11.4 Å². The topological polar surface area (TPSA) is 93.5 Å². The Bertz CT molecular complexity index is 1030. The van der Waals surface area contributed by atoms with E-state index in [0.29, 0.717) is 35.9 Å². The molecule has 4 aliphatic rings. The molecule has 29 heavy (non-hydrogen) atoms. The van der Waals surface area contributed by atoms with E-state index in [9.17, 15) is 9.18 Å². The molecular formula is C19H19FN6O3. The second kappa shape index (κ2) is 6.01. The summed E-state index contributed by atoms with van der Waals surface area (Å²) in [4.78, 5) is 23.0. The Morgan fingerprint density at radius 3 is 3.07 bits per heavy atom. The Labute approximate surface area is 165 Å². The van der Waals surface area contributed by atoms with Gasteiger partial charge in [0.1, 0.15) is 30.0 Å². The van der Waals surface area contributed by atoms with Crippen molar-refractivity contribution < 1.29 is 18.8 Å². The Hall–Kier alpha value is -2.98. The molecule has 2 aromatic rings. The number of ether oxygens (including phenoxy) is 1. The molecule has 2 N–H and O–H groups in total. The summed E-state index contributed by atoms with van der Waals surface area (Å²) in [6.45, 7) is 0.764. The van der Waals surface area contributed by atoms with Gasteiger partial charge in [-0.25, -0.2) is 14.1 Å². The molecule has 2 unspecified atom stereocenters. The molecule has 1 amide bonds. The third kappa shape index (κ3) is 2.70. The zero-order chi connectivity index (χ0) is 19.6. The van der Waals surface area contributed by atoms with Gasteiger partial charge >= 0.3 is 0 Å². The molecule has 6 rings (SSSR count). The maximum atomic E-state index is 14.1. The van der Waals surface area contributed by atoms with Crippen molar-refractivity contribution in [3.63, 3.8) is 0 Å². The van der Waals surface area contributed by atoms with Crippen LogP contribution in [0.25, 0.3) is 6.20 Å². The van der Waals surface area contributed by atoms with Gasteiger partial charge in [0, 0.05) is 11.8 Å². The van der Waals surface area contributed by atoms with Crippen LogP contribution in [0.15, 0.2) is 24.5 Å². The van der Waals surface area contributed by atoms with Crippen LogP contribution in [0.5, 0.6) is 5.88 Å². The van der Waals surface area contributed by atoms with E-state index in [1.54, 1.807) is 22.1 Å². The molecule has 5 heterocycles. The van der Waals surface area contributed by atoms with Gasteiger partial charge in [-0.3, -0.25) is 9.63 Å². The molecule has 3 aliphatic heterocycles. The molecular weight excluding hydrogens is 379 g/mol. The number of rotatable bonds is 0. The number of anilines is 1. The van der Waals surface area contributed by atoms with Crippen molar-refractivity contribution in [2.75, 3.05) is 18.5 Å². The SMILES string of the molecule is O=C1NC2(CC2)COc2ncc(F)cc2C2CCON2C2C=Cn3ncc1c3N2. The third-order valence-electron chi connectivity index (χ3n) is 5.87. The minimum absolute atomic E-state index is 0.209. The van der Waals surface area contributed by atoms with Gasteiger partial charge in [0.2, 0.25) is 5.88 Å². The van der Waals surface area contributed by atoms with Crippen LogP contribution in [-0.2, 0) is 4.84 Å². The quantitative estimate of drug-likeness (QED) is 0.697. The number of hydroxylamine groups is 2. The lowest BCUT2D eigenvalue weighted by Crippen LogP contribution is -2.42. The molecule has 2 bridgehead atoms. The summed E-state index contributed by atoms with van der Waals surface area (Å²) in [7, 11) is 0. The second-order valence-electron chi connectivity index (χ2n) is 7.85. The zero-order valence-corrected chi connectivity index (χ0v) is 15.5. The summed E-state index contributed by atoms with van der Waals surface area (Å²) >= 11 is 0. The van der Waals surface area contributed by atoms with Crippen LogP contribution in [0.2, 0.25) is 0 Å². The predicted octanol–water partition coefficient (Wildman–Crippen LogP) is 1.67. The number of hydrogen-bond acceptors (Lipinski definition) is 7. The fraction of sp³-hybridized carbons (Fsp3) is 0.421. The van der Waals surface area contributed by atoms with E-state index in [-0.39, 0.29) is 24.7 Å². The fourth-order valence-corrected chi connectivity index (χ4v) is 4.11. The van der Waals surface area contributed by atoms with Crippen LogP contribution in [0.4, 0.5) is 10.2 Å².